The van der Waals surface area contributed by atoms with Crippen molar-refractivity contribution in [3.05, 3.63) is 71.9 Å². The van der Waals surface area contributed by atoms with E-state index in [0.29, 0.717) is 11.3 Å². The first-order chi connectivity index (χ1) is 11.2. The molecule has 0 saturated carbocycles. The van der Waals surface area contributed by atoms with Gasteiger partial charge in [0.2, 0.25) is 0 Å². The van der Waals surface area contributed by atoms with Crippen LogP contribution in [0.3, 0.4) is 0 Å². The predicted octanol–water partition coefficient (Wildman–Crippen LogP) is 3.43. The minimum Gasteiger partial charge on any atom is -0.358 e. The Kier molecular flexibility index (Phi) is 2.91. The molecule has 1 aromatic heterocycles. The van der Waals surface area contributed by atoms with Crippen molar-refractivity contribution in [3.63, 3.8) is 0 Å². The largest absolute Gasteiger partial charge is 0.358 e. The summed E-state index contributed by atoms with van der Waals surface area (Å²) in [4.78, 5) is 29.7. The molecule has 2 aromatic carbocycles. The van der Waals surface area contributed by atoms with E-state index in [9.17, 15) is 9.59 Å². The molecule has 23 heavy (non-hydrogen) atoms. The van der Waals surface area contributed by atoms with Crippen LogP contribution in [0.25, 0.3) is 16.5 Å². The zero-order valence-corrected chi connectivity index (χ0v) is 12.5. The predicted molar refractivity (Wildman–Crippen MR) is 89.9 cm³/mol. The maximum atomic E-state index is 12.8. The molecule has 2 heterocycles. The number of benzene rings is 2. The Balaban J connectivity index is 1.84. The van der Waals surface area contributed by atoms with E-state index in [1.807, 2.05) is 49.4 Å². The van der Waals surface area contributed by atoms with Crippen LogP contribution in [0.1, 0.15) is 11.3 Å². The third kappa shape index (κ3) is 1.99. The van der Waals surface area contributed by atoms with Crippen LogP contribution in [0.5, 0.6) is 0 Å². The fraction of sp³-hybridized carbons (Fsp3) is 0.0526. The van der Waals surface area contributed by atoms with E-state index in [1.165, 1.54) is 11.0 Å². The monoisotopic (exact) mass is 302 g/mol. The smallest absolute Gasteiger partial charge is 0.266 e. The number of anilines is 1. The lowest BCUT2D eigenvalue weighted by atomic mass is 10.0. The van der Waals surface area contributed by atoms with Crippen molar-refractivity contribution >= 4 is 34.0 Å². The van der Waals surface area contributed by atoms with Crippen molar-refractivity contribution < 1.29 is 9.59 Å². The highest BCUT2D eigenvalue weighted by Gasteiger charge is 2.34. The summed E-state index contributed by atoms with van der Waals surface area (Å²) in [5.74, 6) is -0.588. The van der Waals surface area contributed by atoms with E-state index in [0.717, 1.165) is 22.2 Å². The molecule has 0 aliphatic carbocycles. The van der Waals surface area contributed by atoms with Gasteiger partial charge in [-0.15, -0.1) is 0 Å². The number of H-pyrrole nitrogens is 1. The summed E-state index contributed by atoms with van der Waals surface area (Å²) in [6, 6.07) is 16.8. The first kappa shape index (κ1) is 13.5. The number of aromatic nitrogens is 1. The van der Waals surface area contributed by atoms with Crippen LogP contribution in [0.4, 0.5) is 5.69 Å². The van der Waals surface area contributed by atoms with Gasteiger partial charge in [-0.3, -0.25) is 9.59 Å². The van der Waals surface area contributed by atoms with Crippen molar-refractivity contribution in [1.82, 2.24) is 4.98 Å². The molecule has 4 heteroatoms. The molecule has 0 atom stereocenters. The van der Waals surface area contributed by atoms with Crippen LogP contribution in [-0.4, -0.2) is 16.8 Å². The minimum atomic E-state index is -0.305. The highest BCUT2D eigenvalue weighted by molar-refractivity contribution is 6.44. The van der Waals surface area contributed by atoms with Gasteiger partial charge in [-0.2, -0.15) is 0 Å². The highest BCUT2D eigenvalue weighted by atomic mass is 16.2. The Hall–Kier alpha value is -3.14. The van der Waals surface area contributed by atoms with Crippen LogP contribution >= 0.6 is 0 Å². The summed E-state index contributed by atoms with van der Waals surface area (Å²) < 4.78 is 0. The fourth-order valence-electron chi connectivity index (χ4n) is 3.09. The van der Waals surface area contributed by atoms with E-state index < -0.39 is 0 Å². The zero-order valence-electron chi connectivity index (χ0n) is 12.5. The lowest BCUT2D eigenvalue weighted by Gasteiger charge is -2.14. The number of para-hydroxylation sites is 2. The van der Waals surface area contributed by atoms with Crippen molar-refractivity contribution in [1.29, 1.82) is 0 Å². The number of aromatic amines is 1. The second-order valence-corrected chi connectivity index (χ2v) is 5.54. The average Bonchev–Trinajstić information content (AvgIpc) is 3.03. The Morgan fingerprint density at radius 1 is 0.913 bits per heavy atom. The van der Waals surface area contributed by atoms with Gasteiger partial charge < -0.3 is 4.98 Å². The SMILES string of the molecule is Cc1[nH]c2ccccc2c1C1=CC(=O)N(c2ccccc2)C1=O. The number of amides is 2. The second kappa shape index (κ2) is 4.95. The van der Waals surface area contributed by atoms with Gasteiger partial charge in [0.15, 0.2) is 0 Å². The molecule has 1 aliphatic heterocycles. The molecular weight excluding hydrogens is 288 g/mol. The summed E-state index contributed by atoms with van der Waals surface area (Å²) in [7, 11) is 0. The number of nitrogens with zero attached hydrogens (tertiary/aromatic N) is 1. The molecule has 0 fully saturated rings. The number of carbonyl (C=O) groups is 2. The summed E-state index contributed by atoms with van der Waals surface area (Å²) >= 11 is 0. The van der Waals surface area contributed by atoms with Crippen LogP contribution < -0.4 is 4.90 Å². The number of carbonyl (C=O) groups excluding carboxylic acids is 2. The number of aryl methyl sites for hydroxylation is 1. The number of hydrogen-bond acceptors (Lipinski definition) is 2. The second-order valence-electron chi connectivity index (χ2n) is 5.54. The first-order valence-corrected chi connectivity index (χ1v) is 7.39. The number of imide groups is 1. The maximum absolute atomic E-state index is 12.8. The lowest BCUT2D eigenvalue weighted by molar-refractivity contribution is -0.119. The Bertz CT molecular complexity index is 967. The third-order valence-corrected chi connectivity index (χ3v) is 4.10. The molecule has 0 unspecified atom stereocenters. The zero-order chi connectivity index (χ0) is 16.0. The molecular formula is C19H14N2O2. The standard InChI is InChI=1S/C19H14N2O2/c1-12-18(14-9-5-6-10-16(14)20-12)15-11-17(22)21(19(15)23)13-7-3-2-4-8-13/h2-11,20H,1H3. The molecule has 3 aromatic rings. The molecule has 4 rings (SSSR count). The van der Waals surface area contributed by atoms with Crippen LogP contribution in [-0.2, 0) is 9.59 Å². The van der Waals surface area contributed by atoms with Gasteiger partial charge >= 0.3 is 0 Å². The van der Waals surface area contributed by atoms with Crippen molar-refractivity contribution in [2.75, 3.05) is 4.90 Å². The number of nitrogens with one attached hydrogen (secondary N) is 1. The average molecular weight is 302 g/mol. The summed E-state index contributed by atoms with van der Waals surface area (Å²) in [5, 5.41) is 0.951. The van der Waals surface area contributed by atoms with Crippen LogP contribution in [0.15, 0.2) is 60.7 Å². The van der Waals surface area contributed by atoms with Crippen molar-refractivity contribution in [2.45, 2.75) is 6.92 Å². The third-order valence-electron chi connectivity index (χ3n) is 4.10. The van der Waals surface area contributed by atoms with Gasteiger partial charge in [-0.1, -0.05) is 36.4 Å². The maximum Gasteiger partial charge on any atom is 0.266 e. The van der Waals surface area contributed by atoms with E-state index in [-0.39, 0.29) is 11.8 Å². The van der Waals surface area contributed by atoms with E-state index in [4.69, 9.17) is 0 Å². The molecule has 0 radical (unpaired) electrons. The first-order valence-electron chi connectivity index (χ1n) is 7.39. The molecule has 2 amide bonds. The fourth-order valence-corrected chi connectivity index (χ4v) is 3.09. The van der Waals surface area contributed by atoms with Gasteiger partial charge in [-0.05, 0) is 25.1 Å². The van der Waals surface area contributed by atoms with Crippen molar-refractivity contribution in [3.8, 4) is 0 Å². The number of hydrogen-bond donors (Lipinski definition) is 1. The summed E-state index contributed by atoms with van der Waals surface area (Å²) in [6.07, 6.45) is 1.43. The van der Waals surface area contributed by atoms with Crippen molar-refractivity contribution in [2.24, 2.45) is 0 Å². The van der Waals surface area contributed by atoms with E-state index in [1.54, 1.807) is 12.1 Å². The topological polar surface area (TPSA) is 53.2 Å². The van der Waals surface area contributed by atoms with E-state index >= 15 is 0 Å². The molecule has 0 saturated heterocycles. The molecule has 4 nitrogen and oxygen atoms in total. The Labute approximate surface area is 133 Å². The number of rotatable bonds is 2. The molecule has 1 aliphatic rings. The van der Waals surface area contributed by atoms with Crippen LogP contribution in [0, 0.1) is 6.92 Å². The van der Waals surface area contributed by atoms with Crippen LogP contribution in [0.2, 0.25) is 0 Å². The van der Waals surface area contributed by atoms with Gasteiger partial charge in [0.1, 0.15) is 0 Å². The number of fused-ring (bicyclic) bond motifs is 1. The molecule has 112 valence electrons. The highest BCUT2D eigenvalue weighted by Crippen LogP contribution is 2.34. The molecule has 0 bridgehead atoms. The lowest BCUT2D eigenvalue weighted by Crippen LogP contribution is -2.30. The van der Waals surface area contributed by atoms with Gasteiger partial charge in [0.05, 0.1) is 11.3 Å². The minimum absolute atomic E-state index is 0.283. The van der Waals surface area contributed by atoms with E-state index in [2.05, 4.69) is 4.98 Å². The quantitative estimate of drug-likeness (QED) is 0.737. The molecule has 1 N–H and O–H groups in total. The van der Waals surface area contributed by atoms with Gasteiger partial charge in [0.25, 0.3) is 11.8 Å². The normalized spacial score (nSPS) is 14.7. The molecule has 0 spiro atoms. The Morgan fingerprint density at radius 2 is 1.61 bits per heavy atom. The summed E-state index contributed by atoms with van der Waals surface area (Å²) in [6.45, 7) is 1.92. The van der Waals surface area contributed by atoms with Gasteiger partial charge in [-0.25, -0.2) is 4.90 Å². The summed E-state index contributed by atoms with van der Waals surface area (Å²) in [5.41, 5.74) is 3.67. The Morgan fingerprint density at radius 3 is 2.39 bits per heavy atom. The van der Waals surface area contributed by atoms with Gasteiger partial charge in [0, 0.05) is 28.2 Å².